The Kier molecular flexibility index (Phi) is 4.12. The van der Waals surface area contributed by atoms with Crippen LogP contribution < -0.4 is 0 Å². The van der Waals surface area contributed by atoms with Gasteiger partial charge in [-0.1, -0.05) is 0 Å². The zero-order valence-corrected chi connectivity index (χ0v) is 22.2. The van der Waals surface area contributed by atoms with E-state index >= 15 is 0 Å². The summed E-state index contributed by atoms with van der Waals surface area (Å²) in [6.07, 6.45) is 0. The normalized spacial score (nSPS) is 12.2. The van der Waals surface area contributed by atoms with Gasteiger partial charge >= 0.3 is 225 Å². The van der Waals surface area contributed by atoms with Crippen molar-refractivity contribution in [1.82, 2.24) is 4.40 Å². The average molecular weight is 547 g/mol. The molecule has 38 heavy (non-hydrogen) atoms. The summed E-state index contributed by atoms with van der Waals surface area (Å²) >= 11 is 0.334. The quantitative estimate of drug-likeness (QED) is 0.167. The molecule has 0 amide bonds. The summed E-state index contributed by atoms with van der Waals surface area (Å²) in [5.74, 6) is 0. The Morgan fingerprint density at radius 2 is 0.868 bits per heavy atom. The van der Waals surface area contributed by atoms with Crippen LogP contribution >= 0.6 is 0 Å². The molecule has 0 fully saturated rings. The maximum atomic E-state index is 2.54. The Labute approximate surface area is 224 Å². The van der Waals surface area contributed by atoms with Gasteiger partial charge in [-0.3, -0.25) is 0 Å². The first-order valence-corrected chi connectivity index (χ1v) is 14.8. The van der Waals surface area contributed by atoms with Crippen molar-refractivity contribution in [3.05, 3.63) is 127 Å². The van der Waals surface area contributed by atoms with Crippen LogP contribution in [0.4, 0.5) is 0 Å². The van der Waals surface area contributed by atoms with Crippen molar-refractivity contribution < 1.29 is 0 Å². The molecule has 1 nitrogen and oxygen atoms in total. The molecule has 0 saturated heterocycles. The van der Waals surface area contributed by atoms with Gasteiger partial charge in [0.25, 0.3) is 0 Å². The van der Waals surface area contributed by atoms with Crippen LogP contribution in [-0.2, 0) is 0 Å². The molecular formula is C36H21NSe. The van der Waals surface area contributed by atoms with Crippen molar-refractivity contribution in [2.75, 3.05) is 0 Å². The molecular weight excluding hydrogens is 525 g/mol. The van der Waals surface area contributed by atoms with E-state index in [1.165, 1.54) is 78.9 Å². The first kappa shape index (κ1) is 20.7. The summed E-state index contributed by atoms with van der Waals surface area (Å²) in [5.41, 5.74) is 3.81. The molecule has 0 N–H and O–H groups in total. The van der Waals surface area contributed by atoms with E-state index < -0.39 is 0 Å². The van der Waals surface area contributed by atoms with Crippen LogP contribution in [0.25, 0.3) is 78.9 Å². The van der Waals surface area contributed by atoms with Crippen molar-refractivity contribution in [3.63, 3.8) is 0 Å². The van der Waals surface area contributed by atoms with Gasteiger partial charge < -0.3 is 0 Å². The minimum atomic E-state index is 0.334. The first-order valence-electron chi connectivity index (χ1n) is 13.0. The fourth-order valence-electron chi connectivity index (χ4n) is 6.55. The topological polar surface area (TPSA) is 4.41 Å². The summed E-state index contributed by atoms with van der Waals surface area (Å²) in [5, 5.41) is 13.1. The Morgan fingerprint density at radius 3 is 1.61 bits per heavy atom. The van der Waals surface area contributed by atoms with Crippen LogP contribution in [-0.4, -0.2) is 18.9 Å². The second kappa shape index (κ2) is 7.58. The van der Waals surface area contributed by atoms with Crippen LogP contribution in [0.5, 0.6) is 0 Å². The Balaban J connectivity index is 1.71. The maximum absolute atomic E-state index is 2.54. The number of fused-ring (bicyclic) bond motifs is 13. The molecule has 3 heterocycles. The van der Waals surface area contributed by atoms with Gasteiger partial charge in [0.2, 0.25) is 0 Å². The zero-order chi connectivity index (χ0) is 24.8. The van der Waals surface area contributed by atoms with Crippen molar-refractivity contribution in [3.8, 4) is 0 Å². The van der Waals surface area contributed by atoms with Gasteiger partial charge in [-0.15, -0.1) is 0 Å². The molecule has 0 aliphatic rings. The average Bonchev–Trinajstić information content (AvgIpc) is 3.51. The molecule has 176 valence electrons. The van der Waals surface area contributed by atoms with Crippen molar-refractivity contribution in [2.45, 2.75) is 0 Å². The predicted molar refractivity (Wildman–Crippen MR) is 166 cm³/mol. The van der Waals surface area contributed by atoms with E-state index in [1.807, 2.05) is 0 Å². The van der Waals surface area contributed by atoms with E-state index in [9.17, 15) is 0 Å². The van der Waals surface area contributed by atoms with E-state index in [4.69, 9.17) is 0 Å². The third kappa shape index (κ3) is 2.66. The zero-order valence-electron chi connectivity index (χ0n) is 20.5. The van der Waals surface area contributed by atoms with Gasteiger partial charge in [0, 0.05) is 0 Å². The number of rotatable bonds is 0. The molecule has 9 rings (SSSR count). The van der Waals surface area contributed by atoms with Crippen molar-refractivity contribution >= 4 is 93.4 Å². The molecule has 0 aliphatic carbocycles. The summed E-state index contributed by atoms with van der Waals surface area (Å²) in [7, 11) is 0. The monoisotopic (exact) mass is 547 g/mol. The van der Waals surface area contributed by atoms with Crippen LogP contribution in [0.1, 0.15) is 0 Å². The molecule has 9 aromatic rings. The molecule has 0 unspecified atom stereocenters. The Hall–Kier alpha value is -4.36. The summed E-state index contributed by atoms with van der Waals surface area (Å²) in [6.45, 7) is 0. The number of aromatic nitrogens is 1. The van der Waals surface area contributed by atoms with Crippen LogP contribution in [0.15, 0.2) is 127 Å². The number of benzene rings is 6. The predicted octanol–water partition coefficient (Wildman–Crippen LogP) is 9.63. The standard InChI is InChI=1S/C36H21NSe/c1-3-12-24-22(10-1)23-11-2-4-13-25(23)28-16-9-17-29-30-21-35-31(27-15-6-8-19-34(27)38-35)20-33(30)37(36(28)29)32-18-7-5-14-26(24)32/h1-21H. The molecule has 0 saturated carbocycles. The van der Waals surface area contributed by atoms with E-state index in [-0.39, 0.29) is 0 Å². The molecule has 0 aliphatic heterocycles. The third-order valence-electron chi connectivity index (χ3n) is 8.16. The van der Waals surface area contributed by atoms with E-state index in [1.54, 1.807) is 0 Å². The van der Waals surface area contributed by atoms with Gasteiger partial charge in [-0.25, -0.2) is 0 Å². The molecule has 0 atom stereocenters. The van der Waals surface area contributed by atoms with Gasteiger partial charge in [-0.2, -0.15) is 0 Å². The molecule has 0 bridgehead atoms. The van der Waals surface area contributed by atoms with Gasteiger partial charge in [0.05, 0.1) is 0 Å². The number of hydrogen-bond donors (Lipinski definition) is 0. The molecule has 0 spiro atoms. The summed E-state index contributed by atoms with van der Waals surface area (Å²) in [4.78, 5) is 0. The second-order valence-electron chi connectivity index (χ2n) is 10.1. The SMILES string of the molecule is c1ccc2c(c1)[se]c1cc3c4cccc5c6ccccc6c6ccccc6c6ccccc6n(c3cc12)c54. The minimum absolute atomic E-state index is 0.334. The van der Waals surface area contributed by atoms with Gasteiger partial charge in [0.15, 0.2) is 0 Å². The van der Waals surface area contributed by atoms with Crippen LogP contribution in [0.3, 0.4) is 0 Å². The molecule has 2 heteroatoms. The summed E-state index contributed by atoms with van der Waals surface area (Å²) in [6, 6.07) is 47.5. The van der Waals surface area contributed by atoms with Crippen molar-refractivity contribution in [2.24, 2.45) is 0 Å². The van der Waals surface area contributed by atoms with Crippen molar-refractivity contribution in [1.29, 1.82) is 0 Å². The summed E-state index contributed by atoms with van der Waals surface area (Å²) < 4.78 is 5.52. The van der Waals surface area contributed by atoms with Crippen LogP contribution in [0.2, 0.25) is 0 Å². The van der Waals surface area contributed by atoms with Gasteiger partial charge in [0.1, 0.15) is 0 Å². The molecule has 3 aromatic heterocycles. The van der Waals surface area contributed by atoms with E-state index in [0.717, 1.165) is 0 Å². The van der Waals surface area contributed by atoms with E-state index in [2.05, 4.69) is 132 Å². The molecule has 6 aromatic carbocycles. The molecule has 0 radical (unpaired) electrons. The number of para-hydroxylation sites is 2. The first-order chi connectivity index (χ1) is 18.9. The third-order valence-corrected chi connectivity index (χ3v) is 10.5. The number of nitrogens with zero attached hydrogens (tertiary/aromatic N) is 1. The number of hydrogen-bond acceptors (Lipinski definition) is 0. The van der Waals surface area contributed by atoms with E-state index in [0.29, 0.717) is 14.5 Å². The fourth-order valence-corrected chi connectivity index (χ4v) is 8.92. The fraction of sp³-hybridized carbons (Fsp3) is 0. The second-order valence-corrected chi connectivity index (χ2v) is 12.4. The van der Waals surface area contributed by atoms with Crippen LogP contribution in [0, 0.1) is 0 Å². The Morgan fingerprint density at radius 1 is 0.342 bits per heavy atom. The Bertz CT molecular complexity index is 2460. The van der Waals surface area contributed by atoms with Gasteiger partial charge in [-0.05, 0) is 0 Å².